The topological polar surface area (TPSA) is 58.6 Å². The van der Waals surface area contributed by atoms with Gasteiger partial charge in [-0.2, -0.15) is 0 Å². The Kier molecular flexibility index (Phi) is 6.03. The van der Waals surface area contributed by atoms with Crippen molar-refractivity contribution in [2.75, 3.05) is 16.8 Å². The molecule has 4 rings (SSSR count). The predicted octanol–water partition coefficient (Wildman–Crippen LogP) is 4.87. The quantitative estimate of drug-likeness (QED) is 0.626. The number of carbonyl (C=O) groups is 2. The molecule has 0 bridgehead atoms. The van der Waals surface area contributed by atoms with Crippen LogP contribution in [0.3, 0.4) is 0 Å². The fourth-order valence-electron chi connectivity index (χ4n) is 3.83. The number of nitrogens with one attached hydrogen (secondary N) is 1. The highest BCUT2D eigenvalue weighted by Gasteiger charge is 2.35. The lowest BCUT2D eigenvalue weighted by Gasteiger charge is -2.18. The molecule has 0 aliphatic carbocycles. The van der Waals surface area contributed by atoms with Crippen molar-refractivity contribution in [3.8, 4) is 5.75 Å². The molecule has 31 heavy (non-hydrogen) atoms. The minimum absolute atomic E-state index is 0.0420. The zero-order chi connectivity index (χ0) is 21.8. The molecule has 1 N–H and O–H groups in total. The number of para-hydroxylation sites is 1. The van der Waals surface area contributed by atoms with Crippen LogP contribution in [0.2, 0.25) is 0 Å². The van der Waals surface area contributed by atoms with Crippen LogP contribution in [0.25, 0.3) is 0 Å². The van der Waals surface area contributed by atoms with Crippen LogP contribution in [0.5, 0.6) is 5.75 Å². The van der Waals surface area contributed by atoms with Gasteiger partial charge < -0.3 is 15.0 Å². The second kappa shape index (κ2) is 9.04. The molecule has 1 fully saturated rings. The summed E-state index contributed by atoms with van der Waals surface area (Å²) in [6.07, 6.45) is 0.211. The van der Waals surface area contributed by atoms with Gasteiger partial charge in [-0.1, -0.05) is 48.5 Å². The van der Waals surface area contributed by atoms with Crippen molar-refractivity contribution in [3.05, 3.63) is 89.5 Å². The number of aryl methyl sites for hydroxylation is 2. The summed E-state index contributed by atoms with van der Waals surface area (Å²) in [5.41, 5.74) is 4.73. The van der Waals surface area contributed by atoms with Gasteiger partial charge in [0, 0.05) is 24.3 Å². The van der Waals surface area contributed by atoms with Gasteiger partial charge in [0.2, 0.25) is 11.8 Å². The molecule has 5 heteroatoms. The molecule has 3 aromatic rings. The Hall–Kier alpha value is -3.60. The van der Waals surface area contributed by atoms with Crippen molar-refractivity contribution in [2.24, 2.45) is 5.92 Å². The lowest BCUT2D eigenvalue weighted by molar-refractivity contribution is -0.122. The molecule has 0 aromatic heterocycles. The number of benzene rings is 3. The number of anilines is 2. The van der Waals surface area contributed by atoms with Crippen LogP contribution in [0.15, 0.2) is 72.8 Å². The number of nitrogens with zero attached hydrogens (tertiary/aromatic N) is 1. The van der Waals surface area contributed by atoms with Gasteiger partial charge in [0.15, 0.2) is 0 Å². The van der Waals surface area contributed by atoms with E-state index in [4.69, 9.17) is 4.74 Å². The molecule has 3 aromatic carbocycles. The van der Waals surface area contributed by atoms with Crippen LogP contribution < -0.4 is 15.0 Å². The highest BCUT2D eigenvalue weighted by molar-refractivity contribution is 6.04. The van der Waals surface area contributed by atoms with Gasteiger partial charge in [-0.05, 0) is 54.8 Å². The number of carbonyl (C=O) groups excluding carboxylic acids is 2. The Morgan fingerprint density at radius 3 is 2.32 bits per heavy atom. The second-order valence-corrected chi connectivity index (χ2v) is 7.93. The van der Waals surface area contributed by atoms with Gasteiger partial charge in [-0.3, -0.25) is 9.59 Å². The van der Waals surface area contributed by atoms with E-state index in [0.717, 1.165) is 33.8 Å². The summed E-state index contributed by atoms with van der Waals surface area (Å²) in [5.74, 6) is 0.208. The van der Waals surface area contributed by atoms with Crippen molar-refractivity contribution < 1.29 is 14.3 Å². The molecule has 1 aliphatic heterocycles. The van der Waals surface area contributed by atoms with Crippen LogP contribution in [0.4, 0.5) is 11.4 Å². The van der Waals surface area contributed by atoms with Crippen molar-refractivity contribution in [3.63, 3.8) is 0 Å². The molecule has 1 aliphatic rings. The van der Waals surface area contributed by atoms with Gasteiger partial charge in [0.25, 0.3) is 0 Å². The highest BCUT2D eigenvalue weighted by atomic mass is 16.5. The minimum Gasteiger partial charge on any atom is -0.489 e. The molecule has 158 valence electrons. The van der Waals surface area contributed by atoms with Gasteiger partial charge in [-0.15, -0.1) is 0 Å². The Morgan fingerprint density at radius 2 is 1.65 bits per heavy atom. The van der Waals surface area contributed by atoms with Crippen LogP contribution in [0, 0.1) is 19.8 Å². The Morgan fingerprint density at radius 1 is 0.968 bits per heavy atom. The number of amides is 2. The predicted molar refractivity (Wildman–Crippen MR) is 122 cm³/mol. The van der Waals surface area contributed by atoms with E-state index in [-0.39, 0.29) is 24.2 Å². The minimum atomic E-state index is -0.375. The molecule has 1 heterocycles. The molecular formula is C26H26N2O3. The van der Waals surface area contributed by atoms with Crippen molar-refractivity contribution in [1.82, 2.24) is 0 Å². The summed E-state index contributed by atoms with van der Waals surface area (Å²) in [5, 5.41) is 3.02. The fraction of sp³-hybridized carbons (Fsp3) is 0.231. The summed E-state index contributed by atoms with van der Waals surface area (Å²) in [6.45, 7) is 4.80. The van der Waals surface area contributed by atoms with E-state index >= 15 is 0 Å². The van der Waals surface area contributed by atoms with E-state index in [1.807, 2.05) is 86.6 Å². The monoisotopic (exact) mass is 414 g/mol. The average molecular weight is 415 g/mol. The highest BCUT2D eigenvalue weighted by Crippen LogP contribution is 2.29. The number of hydrogen-bond acceptors (Lipinski definition) is 3. The maximum Gasteiger partial charge on any atom is 0.229 e. The SMILES string of the molecule is Cc1cccc(C)c1NC(=O)[C@@H]1CC(=O)N(c2ccc(OCc3ccccc3)cc2)C1. The van der Waals surface area contributed by atoms with E-state index in [9.17, 15) is 9.59 Å². The van der Waals surface area contributed by atoms with Crippen molar-refractivity contribution in [2.45, 2.75) is 26.9 Å². The first kappa shape index (κ1) is 20.7. The van der Waals surface area contributed by atoms with E-state index in [1.165, 1.54) is 0 Å². The normalized spacial score (nSPS) is 15.7. The maximum absolute atomic E-state index is 12.8. The Labute approximate surface area is 182 Å². The molecule has 0 spiro atoms. The van der Waals surface area contributed by atoms with Crippen LogP contribution in [-0.4, -0.2) is 18.4 Å². The lowest BCUT2D eigenvalue weighted by Crippen LogP contribution is -2.28. The summed E-state index contributed by atoms with van der Waals surface area (Å²) in [7, 11) is 0. The van der Waals surface area contributed by atoms with Crippen LogP contribution in [-0.2, 0) is 16.2 Å². The zero-order valence-corrected chi connectivity index (χ0v) is 17.8. The first-order chi connectivity index (χ1) is 15.0. The zero-order valence-electron chi connectivity index (χ0n) is 17.8. The maximum atomic E-state index is 12.8. The van der Waals surface area contributed by atoms with Gasteiger partial charge in [-0.25, -0.2) is 0 Å². The van der Waals surface area contributed by atoms with Gasteiger partial charge in [0.1, 0.15) is 12.4 Å². The first-order valence-electron chi connectivity index (χ1n) is 10.5. The Bertz CT molecular complexity index is 1060. The number of rotatable bonds is 6. The smallest absolute Gasteiger partial charge is 0.229 e. The van der Waals surface area contributed by atoms with E-state index in [0.29, 0.717) is 13.2 Å². The van der Waals surface area contributed by atoms with E-state index < -0.39 is 0 Å². The summed E-state index contributed by atoms with van der Waals surface area (Å²) in [6, 6.07) is 23.3. The number of ether oxygens (including phenoxy) is 1. The summed E-state index contributed by atoms with van der Waals surface area (Å²) >= 11 is 0. The van der Waals surface area contributed by atoms with Crippen LogP contribution >= 0.6 is 0 Å². The molecule has 0 radical (unpaired) electrons. The molecule has 1 atom stereocenters. The third kappa shape index (κ3) is 4.77. The first-order valence-corrected chi connectivity index (χ1v) is 10.5. The largest absolute Gasteiger partial charge is 0.489 e. The number of hydrogen-bond donors (Lipinski definition) is 1. The van der Waals surface area contributed by atoms with Crippen LogP contribution in [0.1, 0.15) is 23.1 Å². The van der Waals surface area contributed by atoms with Gasteiger partial charge >= 0.3 is 0 Å². The standard InChI is InChI=1S/C26H26N2O3/c1-18-7-6-8-19(2)25(18)27-26(30)21-15-24(29)28(16-21)22-11-13-23(14-12-22)31-17-20-9-4-3-5-10-20/h3-14,21H,15-17H2,1-2H3,(H,27,30)/t21-/m1/s1. The van der Waals surface area contributed by atoms with Gasteiger partial charge in [0.05, 0.1) is 5.92 Å². The molecule has 5 nitrogen and oxygen atoms in total. The summed E-state index contributed by atoms with van der Waals surface area (Å²) in [4.78, 5) is 27.1. The average Bonchev–Trinajstić information content (AvgIpc) is 3.18. The lowest BCUT2D eigenvalue weighted by atomic mass is 10.1. The van der Waals surface area contributed by atoms with E-state index in [2.05, 4.69) is 5.32 Å². The third-order valence-electron chi connectivity index (χ3n) is 5.62. The molecule has 0 saturated carbocycles. The molecule has 0 unspecified atom stereocenters. The van der Waals surface area contributed by atoms with E-state index in [1.54, 1.807) is 4.90 Å². The Balaban J connectivity index is 1.38. The molecular weight excluding hydrogens is 388 g/mol. The second-order valence-electron chi connectivity index (χ2n) is 7.93. The van der Waals surface area contributed by atoms with Crippen molar-refractivity contribution >= 4 is 23.2 Å². The summed E-state index contributed by atoms with van der Waals surface area (Å²) < 4.78 is 5.82. The third-order valence-corrected chi connectivity index (χ3v) is 5.62. The molecule has 1 saturated heterocycles. The fourth-order valence-corrected chi connectivity index (χ4v) is 3.83. The van der Waals surface area contributed by atoms with Crippen molar-refractivity contribution in [1.29, 1.82) is 0 Å². The molecule has 2 amide bonds.